The van der Waals surface area contributed by atoms with E-state index in [1.54, 1.807) is 0 Å². The van der Waals surface area contributed by atoms with Crippen LogP contribution >= 0.6 is 11.3 Å². The van der Waals surface area contributed by atoms with Gasteiger partial charge >= 0.3 is 0 Å². The number of nitrogens with one attached hydrogen (secondary N) is 1. The number of carbonyl (C=O) groups is 1. The molecule has 2 saturated carbocycles. The van der Waals surface area contributed by atoms with E-state index in [4.69, 9.17) is 5.73 Å². The molecule has 2 aliphatic rings. The van der Waals surface area contributed by atoms with Crippen LogP contribution in [0.25, 0.3) is 0 Å². The molecule has 20 heavy (non-hydrogen) atoms. The van der Waals surface area contributed by atoms with Crippen LogP contribution in [0.3, 0.4) is 0 Å². The summed E-state index contributed by atoms with van der Waals surface area (Å²) in [5.41, 5.74) is 5.93. The molecule has 3 rings (SSSR count). The van der Waals surface area contributed by atoms with Crippen LogP contribution in [-0.2, 0) is 0 Å². The lowest BCUT2D eigenvalue weighted by molar-refractivity contribution is 0.0753. The fourth-order valence-corrected chi connectivity index (χ4v) is 3.18. The van der Waals surface area contributed by atoms with Crippen molar-refractivity contribution >= 4 is 28.2 Å². The highest BCUT2D eigenvalue weighted by atomic mass is 32.1. The smallest absolute Gasteiger partial charge is 0.267 e. The van der Waals surface area contributed by atoms with Gasteiger partial charge in [-0.2, -0.15) is 0 Å². The predicted octanol–water partition coefficient (Wildman–Crippen LogP) is 2.56. The molecule has 0 saturated heterocycles. The summed E-state index contributed by atoms with van der Waals surface area (Å²) in [4.78, 5) is 19.5. The molecule has 1 heterocycles. The second-order valence-corrected chi connectivity index (χ2v) is 6.85. The minimum absolute atomic E-state index is 0.0533. The van der Waals surface area contributed by atoms with Crippen molar-refractivity contribution in [1.29, 1.82) is 0 Å². The Kier molecular flexibility index (Phi) is 3.83. The molecule has 1 aromatic heterocycles. The van der Waals surface area contributed by atoms with Crippen LogP contribution in [0.5, 0.6) is 0 Å². The first-order valence-corrected chi connectivity index (χ1v) is 8.31. The maximum atomic E-state index is 12.6. The Morgan fingerprint density at radius 1 is 1.45 bits per heavy atom. The second kappa shape index (κ2) is 5.60. The highest BCUT2D eigenvalue weighted by Gasteiger charge is 2.29. The maximum Gasteiger partial charge on any atom is 0.267 e. The summed E-state index contributed by atoms with van der Waals surface area (Å²) in [6, 6.07) is 0.529. The summed E-state index contributed by atoms with van der Waals surface area (Å²) >= 11 is 1.40. The van der Waals surface area contributed by atoms with Crippen molar-refractivity contribution in [3.63, 3.8) is 0 Å². The minimum Gasteiger partial charge on any atom is -0.382 e. The average Bonchev–Trinajstić information content (AvgIpc) is 3.31. The molecule has 1 aromatic rings. The molecule has 2 aliphatic carbocycles. The summed E-state index contributed by atoms with van der Waals surface area (Å²) in [6.07, 6.45) is 5.85. The van der Waals surface area contributed by atoms with Gasteiger partial charge in [-0.15, -0.1) is 0 Å². The van der Waals surface area contributed by atoms with Crippen molar-refractivity contribution in [2.45, 2.75) is 45.1 Å². The number of rotatable bonds is 7. The van der Waals surface area contributed by atoms with Gasteiger partial charge in [0.1, 0.15) is 10.7 Å². The monoisotopic (exact) mass is 294 g/mol. The maximum absolute atomic E-state index is 12.6. The normalized spacial score (nSPS) is 18.1. The topological polar surface area (TPSA) is 71.2 Å². The van der Waals surface area contributed by atoms with Crippen molar-refractivity contribution in [3.05, 3.63) is 4.88 Å². The third-order valence-electron chi connectivity index (χ3n) is 3.71. The number of nitrogens with two attached hydrogens (primary N) is 1. The Bertz CT molecular complexity index is 493. The number of carbonyl (C=O) groups excluding carboxylic acids is 1. The largest absolute Gasteiger partial charge is 0.382 e. The fourth-order valence-electron chi connectivity index (χ4n) is 2.25. The molecule has 5 nitrogen and oxygen atoms in total. The Morgan fingerprint density at radius 3 is 2.80 bits per heavy atom. The summed E-state index contributed by atoms with van der Waals surface area (Å²) in [5, 5.41) is 4.10. The van der Waals surface area contributed by atoms with E-state index in [9.17, 15) is 4.79 Å². The molecule has 110 valence electrons. The first-order valence-electron chi connectivity index (χ1n) is 7.49. The summed E-state index contributed by atoms with van der Waals surface area (Å²) < 4.78 is 0. The zero-order valence-electron chi connectivity index (χ0n) is 11.9. The van der Waals surface area contributed by atoms with E-state index in [1.807, 2.05) is 4.90 Å². The number of hydrogen-bond acceptors (Lipinski definition) is 5. The van der Waals surface area contributed by atoms with Crippen molar-refractivity contribution in [2.75, 3.05) is 24.1 Å². The van der Waals surface area contributed by atoms with Gasteiger partial charge in [-0.3, -0.25) is 4.79 Å². The highest BCUT2D eigenvalue weighted by molar-refractivity contribution is 7.18. The molecular formula is C14H22N4OS. The van der Waals surface area contributed by atoms with E-state index in [0.29, 0.717) is 22.7 Å². The number of hydrogen-bond donors (Lipinski definition) is 2. The van der Waals surface area contributed by atoms with E-state index in [-0.39, 0.29) is 5.91 Å². The lowest BCUT2D eigenvalue weighted by Gasteiger charge is -2.21. The van der Waals surface area contributed by atoms with Gasteiger partial charge in [0, 0.05) is 19.1 Å². The van der Waals surface area contributed by atoms with Gasteiger partial charge in [-0.05, 0) is 38.0 Å². The minimum atomic E-state index is 0.0533. The molecular weight excluding hydrogens is 272 g/mol. The quantitative estimate of drug-likeness (QED) is 0.811. The summed E-state index contributed by atoms with van der Waals surface area (Å²) in [5.74, 6) is 1.13. The Labute approximate surface area is 123 Å². The molecule has 6 heteroatoms. The first kappa shape index (κ1) is 13.7. The zero-order chi connectivity index (χ0) is 14.1. The Morgan fingerprint density at radius 2 is 2.20 bits per heavy atom. The molecule has 3 N–H and O–H groups in total. The number of nitrogens with zero attached hydrogens (tertiary/aromatic N) is 2. The number of aromatic nitrogens is 1. The van der Waals surface area contributed by atoms with E-state index in [0.717, 1.165) is 24.6 Å². The van der Waals surface area contributed by atoms with Crippen LogP contribution in [-0.4, -0.2) is 34.9 Å². The molecule has 1 amide bonds. The van der Waals surface area contributed by atoms with Gasteiger partial charge in [-0.25, -0.2) is 4.98 Å². The van der Waals surface area contributed by atoms with E-state index in [1.165, 1.54) is 37.0 Å². The SMILES string of the molecule is CCCN(CC1CC1)C(=O)c1sc(NC2CC2)nc1N. The van der Waals surface area contributed by atoms with E-state index < -0.39 is 0 Å². The van der Waals surface area contributed by atoms with Crippen LogP contribution in [0.15, 0.2) is 0 Å². The van der Waals surface area contributed by atoms with E-state index >= 15 is 0 Å². The summed E-state index contributed by atoms with van der Waals surface area (Å²) in [6.45, 7) is 3.77. The molecule has 0 aliphatic heterocycles. The van der Waals surface area contributed by atoms with E-state index in [2.05, 4.69) is 17.2 Å². The predicted molar refractivity (Wildman–Crippen MR) is 82.1 cm³/mol. The van der Waals surface area contributed by atoms with Crippen LogP contribution in [0.1, 0.15) is 48.7 Å². The highest BCUT2D eigenvalue weighted by Crippen LogP contribution is 2.33. The number of thiazole rings is 1. The average molecular weight is 294 g/mol. The fraction of sp³-hybridized carbons (Fsp3) is 0.714. The third-order valence-corrected chi connectivity index (χ3v) is 4.70. The first-order chi connectivity index (χ1) is 9.67. The van der Waals surface area contributed by atoms with Crippen molar-refractivity contribution < 1.29 is 4.79 Å². The molecule has 0 atom stereocenters. The van der Waals surface area contributed by atoms with Gasteiger partial charge < -0.3 is 16.0 Å². The van der Waals surface area contributed by atoms with Crippen molar-refractivity contribution in [1.82, 2.24) is 9.88 Å². The van der Waals surface area contributed by atoms with Crippen LogP contribution in [0.2, 0.25) is 0 Å². The summed E-state index contributed by atoms with van der Waals surface area (Å²) in [7, 11) is 0. The van der Waals surface area contributed by atoms with Crippen molar-refractivity contribution in [3.8, 4) is 0 Å². The number of anilines is 2. The van der Waals surface area contributed by atoms with Crippen molar-refractivity contribution in [2.24, 2.45) is 5.92 Å². The Balaban J connectivity index is 1.70. The molecule has 0 radical (unpaired) electrons. The molecule has 0 aromatic carbocycles. The zero-order valence-corrected chi connectivity index (χ0v) is 12.7. The molecule has 0 bridgehead atoms. The second-order valence-electron chi connectivity index (χ2n) is 5.85. The number of nitrogen functional groups attached to an aromatic ring is 1. The Hall–Kier alpha value is -1.30. The van der Waals surface area contributed by atoms with Gasteiger partial charge in [0.25, 0.3) is 5.91 Å². The number of amides is 1. The molecule has 0 unspecified atom stereocenters. The van der Waals surface area contributed by atoms with Crippen LogP contribution in [0.4, 0.5) is 10.9 Å². The standard InChI is InChI=1S/C14H22N4OS/c1-2-7-18(8-9-3-4-9)13(19)11-12(15)17-14(20-11)16-10-5-6-10/h9-10H,2-8,15H2,1H3,(H,16,17). The van der Waals surface area contributed by atoms with Gasteiger partial charge in [0.2, 0.25) is 0 Å². The molecule has 0 spiro atoms. The van der Waals surface area contributed by atoms with Crippen LogP contribution < -0.4 is 11.1 Å². The third kappa shape index (κ3) is 3.23. The van der Waals surface area contributed by atoms with Gasteiger partial charge in [-0.1, -0.05) is 18.3 Å². The lowest BCUT2D eigenvalue weighted by Crippen LogP contribution is -2.33. The molecule has 2 fully saturated rings. The van der Waals surface area contributed by atoms with Crippen LogP contribution in [0, 0.1) is 5.92 Å². The van der Waals surface area contributed by atoms with Gasteiger partial charge in [0.05, 0.1) is 0 Å². The lowest BCUT2D eigenvalue weighted by atomic mass is 10.3. The van der Waals surface area contributed by atoms with Gasteiger partial charge in [0.15, 0.2) is 5.13 Å².